The van der Waals surface area contributed by atoms with Gasteiger partial charge >= 0.3 is 0 Å². The number of fused-ring (bicyclic) bond motifs is 1. The molecule has 4 rings (SSSR count). The van der Waals surface area contributed by atoms with Gasteiger partial charge in [0.2, 0.25) is 15.9 Å². The number of nitrogens with one attached hydrogen (secondary N) is 1. The van der Waals surface area contributed by atoms with Crippen LogP contribution in [0, 0.1) is 0 Å². The smallest absolute Gasteiger partial charge is 0.267 e. The van der Waals surface area contributed by atoms with E-state index in [0.29, 0.717) is 23.1 Å². The molecule has 0 atom stereocenters. The van der Waals surface area contributed by atoms with Crippen molar-refractivity contribution in [1.82, 2.24) is 20.4 Å². The zero-order valence-corrected chi connectivity index (χ0v) is 17.8. The Labute approximate surface area is 183 Å². The molecule has 11 heteroatoms. The van der Waals surface area contributed by atoms with E-state index in [4.69, 9.17) is 5.14 Å². The van der Waals surface area contributed by atoms with E-state index in [2.05, 4.69) is 15.4 Å². The first-order valence-electron chi connectivity index (χ1n) is 9.95. The number of carbonyl (C=O) groups excluding carboxylic acids is 1. The zero-order chi connectivity index (χ0) is 22.9. The molecular weight excluding hydrogens is 440 g/mol. The van der Waals surface area contributed by atoms with Gasteiger partial charge in [0.1, 0.15) is 0 Å². The van der Waals surface area contributed by atoms with E-state index in [1.54, 1.807) is 30.5 Å². The van der Waals surface area contributed by atoms with E-state index in [1.165, 1.54) is 23.2 Å². The average Bonchev–Trinajstić information content (AvgIpc) is 2.92. The van der Waals surface area contributed by atoms with Crippen molar-refractivity contribution in [1.29, 1.82) is 0 Å². The number of nitrogens with two attached hydrogens (primary N) is 1. The van der Waals surface area contributed by atoms with Gasteiger partial charge in [-0.3, -0.25) is 10.2 Å². The monoisotopic (exact) mass is 461 g/mol. The van der Waals surface area contributed by atoms with Gasteiger partial charge in [0.15, 0.2) is 5.65 Å². The molecule has 1 aromatic carbocycles. The molecule has 1 aliphatic rings. The Balaban J connectivity index is 1.74. The molecule has 32 heavy (non-hydrogen) atoms. The van der Waals surface area contributed by atoms with Gasteiger partial charge < -0.3 is 0 Å². The molecule has 1 amide bonds. The molecule has 1 aliphatic heterocycles. The van der Waals surface area contributed by atoms with Crippen LogP contribution in [0.2, 0.25) is 0 Å². The first-order valence-corrected chi connectivity index (χ1v) is 11.5. The maximum atomic E-state index is 13.7. The third-order valence-corrected chi connectivity index (χ3v) is 6.16. The highest BCUT2D eigenvalue weighted by atomic mass is 32.2. The average molecular weight is 461 g/mol. The van der Waals surface area contributed by atoms with Crippen LogP contribution in [0.15, 0.2) is 53.6 Å². The molecule has 0 bridgehead atoms. The lowest BCUT2D eigenvalue weighted by atomic mass is 10.0. The Hall–Kier alpha value is -3.02. The predicted octanol–water partition coefficient (Wildman–Crippen LogP) is 2.71. The van der Waals surface area contributed by atoms with E-state index in [9.17, 15) is 22.0 Å². The van der Waals surface area contributed by atoms with Crippen LogP contribution in [0.3, 0.4) is 0 Å². The largest absolute Gasteiger partial charge is 0.285 e. The minimum absolute atomic E-state index is 0.0114. The van der Waals surface area contributed by atoms with Crippen molar-refractivity contribution in [2.75, 3.05) is 13.1 Å². The Morgan fingerprint density at radius 1 is 1.12 bits per heavy atom. The van der Waals surface area contributed by atoms with E-state index >= 15 is 0 Å². The first kappa shape index (κ1) is 22.2. The summed E-state index contributed by atoms with van der Waals surface area (Å²) in [7, 11) is -3.97. The third-order valence-electron chi connectivity index (χ3n) is 5.25. The fraction of sp³-hybridized carbons (Fsp3) is 0.286. The number of hydrazine groups is 1. The summed E-state index contributed by atoms with van der Waals surface area (Å²) in [5.41, 5.74) is 3.79. The van der Waals surface area contributed by atoms with Gasteiger partial charge in [0, 0.05) is 43.1 Å². The Morgan fingerprint density at radius 2 is 1.94 bits per heavy atom. The van der Waals surface area contributed by atoms with E-state index < -0.39 is 21.9 Å². The molecule has 0 spiro atoms. The summed E-state index contributed by atoms with van der Waals surface area (Å²) in [5.74, 6) is -3.29. The lowest BCUT2D eigenvalue weighted by Gasteiger charge is -2.22. The number of primary sulfonamides is 1. The van der Waals surface area contributed by atoms with Crippen molar-refractivity contribution in [3.63, 3.8) is 0 Å². The van der Waals surface area contributed by atoms with Gasteiger partial charge in [-0.1, -0.05) is 12.1 Å². The fourth-order valence-corrected chi connectivity index (χ4v) is 4.16. The van der Waals surface area contributed by atoms with Crippen molar-refractivity contribution < 1.29 is 22.0 Å². The number of pyridine rings is 2. The molecule has 0 saturated carbocycles. The number of hydrogen-bond donors (Lipinski definition) is 2. The maximum absolute atomic E-state index is 13.7. The minimum atomic E-state index is -3.97. The molecule has 0 aliphatic carbocycles. The van der Waals surface area contributed by atoms with Gasteiger partial charge in [-0.15, -0.1) is 0 Å². The van der Waals surface area contributed by atoms with E-state index in [1.807, 2.05) is 0 Å². The number of hydrogen-bond acceptors (Lipinski definition) is 6. The summed E-state index contributed by atoms with van der Waals surface area (Å²) < 4.78 is 50.9. The second-order valence-corrected chi connectivity index (χ2v) is 9.21. The molecule has 1 saturated heterocycles. The lowest BCUT2D eigenvalue weighted by molar-refractivity contribution is -0.0143. The van der Waals surface area contributed by atoms with Gasteiger partial charge in [0.05, 0.1) is 16.2 Å². The van der Waals surface area contributed by atoms with Crippen LogP contribution in [-0.2, 0) is 10.0 Å². The molecule has 168 valence electrons. The van der Waals surface area contributed by atoms with Crippen LogP contribution in [0.25, 0.3) is 22.3 Å². The summed E-state index contributed by atoms with van der Waals surface area (Å²) >= 11 is 0. The number of sulfonamides is 1. The molecule has 0 radical (unpaired) electrons. The SMILES string of the molecule is NS(=O)(=O)c1cccc(-c2nc3ncccc3cc2C(=O)NN2CCCC(F)(F)CC2)c1. The van der Waals surface area contributed by atoms with Crippen LogP contribution in [0.4, 0.5) is 8.78 Å². The predicted molar refractivity (Wildman–Crippen MR) is 114 cm³/mol. The van der Waals surface area contributed by atoms with Gasteiger partial charge in [0.25, 0.3) is 5.91 Å². The van der Waals surface area contributed by atoms with Crippen molar-refractivity contribution in [2.45, 2.75) is 30.1 Å². The standard InChI is InChI=1S/C21H21F2N5O3S/c22-21(23)7-3-10-28(11-8-21)27-20(29)17-13-15-5-2-9-25-19(15)26-18(17)14-4-1-6-16(12-14)32(24,30)31/h1-2,4-6,9,12-13H,3,7-8,10-11H2,(H,27,29)(H2,24,30,31). The van der Waals surface area contributed by atoms with Crippen LogP contribution in [-0.4, -0.2) is 48.3 Å². The number of amides is 1. The summed E-state index contributed by atoms with van der Waals surface area (Å²) in [4.78, 5) is 21.7. The number of benzene rings is 1. The van der Waals surface area contributed by atoms with Gasteiger partial charge in [-0.25, -0.2) is 37.3 Å². The number of halogens is 2. The molecule has 1 fully saturated rings. The van der Waals surface area contributed by atoms with Gasteiger partial charge in [-0.05, 0) is 36.8 Å². The normalized spacial score (nSPS) is 17.1. The summed E-state index contributed by atoms with van der Waals surface area (Å²) in [6.07, 6.45) is 1.22. The van der Waals surface area contributed by atoms with E-state index in [-0.39, 0.29) is 42.0 Å². The molecule has 0 unspecified atom stereocenters. The highest BCUT2D eigenvalue weighted by Crippen LogP contribution is 2.29. The van der Waals surface area contributed by atoms with Gasteiger partial charge in [-0.2, -0.15) is 0 Å². The van der Waals surface area contributed by atoms with Crippen molar-refractivity contribution in [3.8, 4) is 11.3 Å². The molecule has 8 nitrogen and oxygen atoms in total. The topological polar surface area (TPSA) is 118 Å². The quantitative estimate of drug-likeness (QED) is 0.617. The molecule has 2 aromatic heterocycles. The van der Waals surface area contributed by atoms with Crippen molar-refractivity contribution in [2.24, 2.45) is 5.14 Å². The number of rotatable bonds is 4. The van der Waals surface area contributed by atoms with Crippen LogP contribution in [0.1, 0.15) is 29.6 Å². The highest BCUT2D eigenvalue weighted by molar-refractivity contribution is 7.89. The number of aromatic nitrogens is 2. The zero-order valence-electron chi connectivity index (χ0n) is 17.0. The van der Waals surface area contributed by atoms with Crippen molar-refractivity contribution in [3.05, 3.63) is 54.2 Å². The first-order chi connectivity index (χ1) is 15.1. The number of alkyl halides is 2. The number of carbonyl (C=O) groups is 1. The number of nitrogens with zero attached hydrogens (tertiary/aromatic N) is 3. The minimum Gasteiger partial charge on any atom is -0.285 e. The van der Waals surface area contributed by atoms with E-state index in [0.717, 1.165) is 0 Å². The highest BCUT2D eigenvalue weighted by Gasteiger charge is 2.32. The fourth-order valence-electron chi connectivity index (χ4n) is 3.60. The second kappa shape index (κ2) is 8.49. The molecule has 3 aromatic rings. The summed E-state index contributed by atoms with van der Waals surface area (Å²) in [5, 5.41) is 7.32. The Bertz CT molecular complexity index is 1280. The maximum Gasteiger partial charge on any atom is 0.267 e. The van der Waals surface area contributed by atoms with Crippen molar-refractivity contribution >= 4 is 27.0 Å². The Kier molecular flexibility index (Phi) is 5.89. The second-order valence-electron chi connectivity index (χ2n) is 7.64. The summed E-state index contributed by atoms with van der Waals surface area (Å²) in [6.45, 7) is 0.303. The van der Waals surface area contributed by atoms with Crippen LogP contribution < -0.4 is 10.6 Å². The molecule has 3 heterocycles. The third kappa shape index (κ3) is 4.90. The van der Waals surface area contributed by atoms with Crippen LogP contribution >= 0.6 is 0 Å². The Morgan fingerprint density at radius 3 is 2.72 bits per heavy atom. The molecular formula is C21H21F2N5O3S. The summed E-state index contributed by atoms with van der Waals surface area (Å²) in [6, 6.07) is 10.8. The molecule has 3 N–H and O–H groups in total. The van der Waals surface area contributed by atoms with Crippen LogP contribution in [0.5, 0.6) is 0 Å². The lowest BCUT2D eigenvalue weighted by Crippen LogP contribution is -2.43.